The van der Waals surface area contributed by atoms with Gasteiger partial charge in [0.05, 0.1) is 18.1 Å². The number of carboxylic acid groups (broad SMARTS) is 1. The molecule has 1 aliphatic rings. The van der Waals surface area contributed by atoms with Crippen molar-refractivity contribution in [3.63, 3.8) is 0 Å². The first kappa shape index (κ1) is 17.5. The highest BCUT2D eigenvalue weighted by Crippen LogP contribution is 2.48. The fourth-order valence-electron chi connectivity index (χ4n) is 3.69. The number of aliphatic carboxylic acids is 1. The van der Waals surface area contributed by atoms with Crippen LogP contribution in [0.25, 0.3) is 0 Å². The Kier molecular flexibility index (Phi) is 4.82. The average molecular weight is 359 g/mol. The highest BCUT2D eigenvalue weighted by atomic mass is 35.5. The van der Waals surface area contributed by atoms with E-state index in [1.807, 2.05) is 12.1 Å². The molecule has 2 atom stereocenters. The molecule has 1 fully saturated rings. The maximum atomic E-state index is 12.1. The fraction of sp³-hybridized carbons (Fsp3) is 0.300. The van der Waals surface area contributed by atoms with E-state index < -0.39 is 11.4 Å². The van der Waals surface area contributed by atoms with Crippen LogP contribution in [0.1, 0.15) is 46.7 Å². The molecule has 0 bridgehead atoms. The molecule has 0 saturated heterocycles. The third kappa shape index (κ3) is 3.27. The Bertz CT molecular complexity index is 782. The summed E-state index contributed by atoms with van der Waals surface area (Å²) in [7, 11) is 1.35. The van der Waals surface area contributed by atoms with E-state index in [9.17, 15) is 14.7 Å². The van der Waals surface area contributed by atoms with Gasteiger partial charge in [0, 0.05) is 5.02 Å². The highest BCUT2D eigenvalue weighted by Gasteiger charge is 2.47. The number of ether oxygens (including phenoxy) is 1. The van der Waals surface area contributed by atoms with Crippen LogP contribution in [-0.4, -0.2) is 24.2 Å². The third-order valence-electron chi connectivity index (χ3n) is 5.12. The third-order valence-corrected chi connectivity index (χ3v) is 5.38. The monoisotopic (exact) mass is 358 g/mol. The Hall–Kier alpha value is -2.33. The minimum absolute atomic E-state index is 0.137. The summed E-state index contributed by atoms with van der Waals surface area (Å²) in [6.07, 6.45) is 1.89. The second kappa shape index (κ2) is 6.89. The van der Waals surface area contributed by atoms with Crippen molar-refractivity contribution < 1.29 is 19.4 Å². The first-order valence-electron chi connectivity index (χ1n) is 8.14. The van der Waals surface area contributed by atoms with Crippen molar-refractivity contribution in [2.75, 3.05) is 7.11 Å². The van der Waals surface area contributed by atoms with Crippen LogP contribution < -0.4 is 0 Å². The molecule has 0 spiro atoms. The van der Waals surface area contributed by atoms with E-state index in [1.165, 1.54) is 7.11 Å². The van der Waals surface area contributed by atoms with Crippen LogP contribution >= 0.6 is 11.6 Å². The van der Waals surface area contributed by atoms with Gasteiger partial charge in [0.1, 0.15) is 0 Å². The van der Waals surface area contributed by atoms with Crippen LogP contribution in [0.2, 0.25) is 5.02 Å². The SMILES string of the molecule is COC(=O)c1ccc(C2CCC(C(=O)O)(c3ccc(Cl)cc3)C2)cc1. The number of benzene rings is 2. The van der Waals surface area contributed by atoms with Crippen molar-refractivity contribution >= 4 is 23.5 Å². The Morgan fingerprint density at radius 1 is 1.12 bits per heavy atom. The summed E-state index contributed by atoms with van der Waals surface area (Å²) in [4.78, 5) is 23.6. The molecule has 2 aromatic carbocycles. The normalized spacial score (nSPS) is 22.6. The van der Waals surface area contributed by atoms with Crippen LogP contribution in [0, 0.1) is 0 Å². The standard InChI is InChI=1S/C20H19ClO4/c1-25-18(22)14-4-2-13(3-5-14)15-10-11-20(12-15,19(23)24)16-6-8-17(21)9-7-16/h2-9,15H,10-12H2,1H3,(H,23,24). The van der Waals surface area contributed by atoms with E-state index in [0.29, 0.717) is 23.4 Å². The van der Waals surface area contributed by atoms with Crippen LogP contribution in [0.4, 0.5) is 0 Å². The van der Waals surface area contributed by atoms with Crippen molar-refractivity contribution in [2.24, 2.45) is 0 Å². The molecule has 0 aromatic heterocycles. The number of hydrogen-bond acceptors (Lipinski definition) is 3. The number of halogens is 1. The number of methoxy groups -OCH3 is 1. The molecule has 1 aliphatic carbocycles. The molecule has 2 aromatic rings. The Labute approximate surface area is 151 Å². The van der Waals surface area contributed by atoms with Gasteiger partial charge < -0.3 is 9.84 Å². The van der Waals surface area contributed by atoms with Crippen molar-refractivity contribution in [2.45, 2.75) is 30.6 Å². The van der Waals surface area contributed by atoms with Gasteiger partial charge in [-0.15, -0.1) is 0 Å². The van der Waals surface area contributed by atoms with Crippen LogP contribution in [0.15, 0.2) is 48.5 Å². The largest absolute Gasteiger partial charge is 0.481 e. The maximum absolute atomic E-state index is 12.1. The first-order chi connectivity index (χ1) is 12.0. The average Bonchev–Trinajstić information content (AvgIpc) is 3.08. The molecular formula is C20H19ClO4. The summed E-state index contributed by atoms with van der Waals surface area (Å²) in [5.74, 6) is -1.04. The van der Waals surface area contributed by atoms with E-state index >= 15 is 0 Å². The minimum Gasteiger partial charge on any atom is -0.481 e. The number of esters is 1. The van der Waals surface area contributed by atoms with Crippen LogP contribution in [-0.2, 0) is 14.9 Å². The Morgan fingerprint density at radius 3 is 2.32 bits per heavy atom. The van der Waals surface area contributed by atoms with Crippen LogP contribution in [0.3, 0.4) is 0 Å². The molecule has 0 aliphatic heterocycles. The second-order valence-electron chi connectivity index (χ2n) is 6.45. The molecule has 5 heteroatoms. The lowest BCUT2D eigenvalue weighted by molar-refractivity contribution is -0.143. The summed E-state index contributed by atoms with van der Waals surface area (Å²) < 4.78 is 4.71. The molecule has 2 unspecified atom stereocenters. The molecule has 1 N–H and O–H groups in total. The van der Waals surface area contributed by atoms with Gasteiger partial charge in [0.15, 0.2) is 0 Å². The lowest BCUT2D eigenvalue weighted by Crippen LogP contribution is -2.33. The Morgan fingerprint density at radius 2 is 1.76 bits per heavy atom. The van der Waals surface area contributed by atoms with Gasteiger partial charge in [-0.3, -0.25) is 4.79 Å². The summed E-state index contributed by atoms with van der Waals surface area (Å²) in [5.41, 5.74) is 1.44. The zero-order chi connectivity index (χ0) is 18.0. The van der Waals surface area contributed by atoms with Gasteiger partial charge in [-0.2, -0.15) is 0 Å². The quantitative estimate of drug-likeness (QED) is 0.822. The minimum atomic E-state index is -0.893. The topological polar surface area (TPSA) is 63.6 Å². The number of carbonyl (C=O) groups is 2. The van der Waals surface area contributed by atoms with Gasteiger partial charge in [-0.1, -0.05) is 35.9 Å². The summed E-state index contributed by atoms with van der Waals surface area (Å²) in [5, 5.41) is 10.5. The van der Waals surface area contributed by atoms with E-state index in [2.05, 4.69) is 0 Å². The zero-order valence-electron chi connectivity index (χ0n) is 13.9. The van der Waals surface area contributed by atoms with Crippen molar-refractivity contribution in [3.05, 3.63) is 70.2 Å². The molecule has 25 heavy (non-hydrogen) atoms. The van der Waals surface area contributed by atoms with E-state index in [0.717, 1.165) is 17.5 Å². The molecule has 1 saturated carbocycles. The maximum Gasteiger partial charge on any atom is 0.337 e. The van der Waals surface area contributed by atoms with Crippen molar-refractivity contribution in [1.29, 1.82) is 0 Å². The summed E-state index contributed by atoms with van der Waals surface area (Å²) >= 11 is 5.94. The van der Waals surface area contributed by atoms with Gasteiger partial charge in [-0.25, -0.2) is 4.79 Å². The van der Waals surface area contributed by atoms with Crippen LogP contribution in [0.5, 0.6) is 0 Å². The van der Waals surface area contributed by atoms with Gasteiger partial charge in [-0.05, 0) is 60.6 Å². The highest BCUT2D eigenvalue weighted by molar-refractivity contribution is 6.30. The number of carboxylic acids is 1. The lowest BCUT2D eigenvalue weighted by atomic mass is 9.77. The summed E-state index contributed by atoms with van der Waals surface area (Å²) in [6.45, 7) is 0. The fourth-order valence-corrected chi connectivity index (χ4v) is 3.81. The molecule has 130 valence electrons. The van der Waals surface area contributed by atoms with E-state index in [1.54, 1.807) is 36.4 Å². The van der Waals surface area contributed by atoms with E-state index in [-0.39, 0.29) is 11.9 Å². The van der Waals surface area contributed by atoms with Crippen molar-refractivity contribution in [1.82, 2.24) is 0 Å². The first-order valence-corrected chi connectivity index (χ1v) is 8.52. The lowest BCUT2D eigenvalue weighted by Gasteiger charge is -2.25. The van der Waals surface area contributed by atoms with Gasteiger partial charge in [0.25, 0.3) is 0 Å². The molecule has 4 nitrogen and oxygen atoms in total. The number of hydrogen-bond donors (Lipinski definition) is 1. The second-order valence-corrected chi connectivity index (χ2v) is 6.88. The molecule has 3 rings (SSSR count). The number of carbonyl (C=O) groups excluding carboxylic acids is 1. The zero-order valence-corrected chi connectivity index (χ0v) is 14.6. The van der Waals surface area contributed by atoms with Gasteiger partial charge in [0.2, 0.25) is 0 Å². The molecule has 0 heterocycles. The Balaban J connectivity index is 1.86. The predicted octanol–water partition coefficient (Wildman–Crippen LogP) is 4.42. The molecule has 0 amide bonds. The number of rotatable bonds is 4. The van der Waals surface area contributed by atoms with Crippen molar-refractivity contribution in [3.8, 4) is 0 Å². The molecule has 0 radical (unpaired) electrons. The smallest absolute Gasteiger partial charge is 0.337 e. The van der Waals surface area contributed by atoms with E-state index in [4.69, 9.17) is 16.3 Å². The van der Waals surface area contributed by atoms with Gasteiger partial charge >= 0.3 is 11.9 Å². The molecular weight excluding hydrogens is 340 g/mol. The summed E-state index contributed by atoms with van der Waals surface area (Å²) in [6, 6.07) is 14.3. The predicted molar refractivity (Wildman–Crippen MR) is 95.1 cm³/mol.